The molecule has 1 aromatic carbocycles. The summed E-state index contributed by atoms with van der Waals surface area (Å²) in [5, 5.41) is 10.1. The predicted molar refractivity (Wildman–Crippen MR) is 107 cm³/mol. The number of nitrogens with zero attached hydrogens (tertiary/aromatic N) is 2. The number of furan rings is 1. The summed E-state index contributed by atoms with van der Waals surface area (Å²) in [5.41, 5.74) is 10.8. The first-order valence-electron chi connectivity index (χ1n) is 9.15. The van der Waals surface area contributed by atoms with E-state index in [4.69, 9.17) is 15.9 Å². The Morgan fingerprint density at radius 3 is 2.50 bits per heavy atom. The molecule has 5 N–H and O–H groups in total. The Kier molecular flexibility index (Phi) is 5.36. The van der Waals surface area contributed by atoms with Crippen LogP contribution in [0, 0.1) is 12.3 Å². The lowest BCUT2D eigenvalue weighted by atomic mass is 9.75. The van der Waals surface area contributed by atoms with Gasteiger partial charge in [-0.2, -0.15) is 18.3 Å². The van der Waals surface area contributed by atoms with Crippen LogP contribution in [0.3, 0.4) is 0 Å². The molecule has 0 atom stereocenters. The minimum Gasteiger partial charge on any atom is -0.455 e. The van der Waals surface area contributed by atoms with Gasteiger partial charge in [-0.15, -0.1) is 5.10 Å². The standard InChI is InChI=1S/C20H22F3N5O2/c1-10-15-13(27-28-18(24)25)8-19(2,3)9-14(15)30-16(10)17(29)26-12-7-5-4-6-11(12)20(21,22)23/h4-7H,8-9H2,1-3H3,(H,26,29)(H4,24,25,28)/b27-13-. The highest BCUT2D eigenvalue weighted by molar-refractivity contribution is 6.09. The van der Waals surface area contributed by atoms with Crippen molar-refractivity contribution in [3.05, 3.63) is 52.5 Å². The number of anilines is 1. The molecule has 0 saturated carbocycles. The average molecular weight is 421 g/mol. The zero-order chi connectivity index (χ0) is 22.3. The second kappa shape index (κ2) is 7.51. The van der Waals surface area contributed by atoms with Gasteiger partial charge < -0.3 is 21.2 Å². The molecule has 0 radical (unpaired) electrons. The number of hydrogen-bond donors (Lipinski definition) is 3. The van der Waals surface area contributed by atoms with E-state index in [0.717, 1.165) is 6.07 Å². The van der Waals surface area contributed by atoms with E-state index in [1.807, 2.05) is 13.8 Å². The van der Waals surface area contributed by atoms with E-state index in [-0.39, 0.29) is 22.8 Å². The molecule has 3 rings (SSSR count). The van der Waals surface area contributed by atoms with Crippen molar-refractivity contribution in [2.24, 2.45) is 27.1 Å². The summed E-state index contributed by atoms with van der Waals surface area (Å²) in [6.07, 6.45) is -3.54. The van der Waals surface area contributed by atoms with Crippen molar-refractivity contribution in [3.8, 4) is 0 Å². The largest absolute Gasteiger partial charge is 0.455 e. The number of benzene rings is 1. The van der Waals surface area contributed by atoms with Crippen LogP contribution >= 0.6 is 0 Å². The number of amides is 1. The number of para-hydroxylation sites is 1. The monoisotopic (exact) mass is 421 g/mol. The number of halogens is 3. The Hall–Kier alpha value is -3.30. The van der Waals surface area contributed by atoms with Crippen molar-refractivity contribution in [2.75, 3.05) is 5.32 Å². The molecule has 2 aromatic rings. The smallest absolute Gasteiger partial charge is 0.418 e. The number of carbonyl (C=O) groups is 1. The number of alkyl halides is 3. The molecule has 10 heteroatoms. The summed E-state index contributed by atoms with van der Waals surface area (Å²) in [7, 11) is 0. The first kappa shape index (κ1) is 21.4. The highest BCUT2D eigenvalue weighted by Crippen LogP contribution is 2.39. The molecular formula is C20H22F3N5O2. The fourth-order valence-corrected chi connectivity index (χ4v) is 3.55. The number of hydrogen-bond acceptors (Lipinski definition) is 4. The molecule has 0 spiro atoms. The SMILES string of the molecule is Cc1c(C(=O)Nc2ccccc2C(F)(F)F)oc2c1/C(=N\N=C(N)N)CC(C)(C)C2. The third kappa shape index (κ3) is 4.32. The normalized spacial score (nSPS) is 16.8. The Balaban J connectivity index is 2.01. The van der Waals surface area contributed by atoms with Crippen LogP contribution in [-0.4, -0.2) is 17.6 Å². The summed E-state index contributed by atoms with van der Waals surface area (Å²) >= 11 is 0. The van der Waals surface area contributed by atoms with Crippen LogP contribution in [0.15, 0.2) is 38.9 Å². The molecule has 1 aliphatic carbocycles. The van der Waals surface area contributed by atoms with Crippen LogP contribution < -0.4 is 16.8 Å². The van der Waals surface area contributed by atoms with Gasteiger partial charge in [0.1, 0.15) is 5.76 Å². The van der Waals surface area contributed by atoms with E-state index in [1.54, 1.807) is 6.92 Å². The molecule has 1 aliphatic rings. The number of nitrogens with two attached hydrogens (primary N) is 2. The van der Waals surface area contributed by atoms with Crippen molar-refractivity contribution in [2.45, 2.75) is 39.8 Å². The maximum absolute atomic E-state index is 13.2. The van der Waals surface area contributed by atoms with Crippen LogP contribution in [0.2, 0.25) is 0 Å². The molecule has 1 amide bonds. The lowest BCUT2D eigenvalue weighted by molar-refractivity contribution is -0.136. The first-order chi connectivity index (χ1) is 13.9. The van der Waals surface area contributed by atoms with Gasteiger partial charge in [-0.05, 0) is 30.9 Å². The highest BCUT2D eigenvalue weighted by atomic mass is 19.4. The van der Waals surface area contributed by atoms with E-state index in [2.05, 4.69) is 15.5 Å². The van der Waals surface area contributed by atoms with E-state index in [0.29, 0.717) is 35.4 Å². The molecular weight excluding hydrogens is 399 g/mol. The molecule has 1 heterocycles. The number of guanidine groups is 1. The van der Waals surface area contributed by atoms with E-state index in [9.17, 15) is 18.0 Å². The van der Waals surface area contributed by atoms with Crippen molar-refractivity contribution in [1.82, 2.24) is 0 Å². The van der Waals surface area contributed by atoms with Crippen LogP contribution in [0.25, 0.3) is 0 Å². The fourth-order valence-electron chi connectivity index (χ4n) is 3.55. The van der Waals surface area contributed by atoms with E-state index >= 15 is 0 Å². The van der Waals surface area contributed by atoms with Crippen LogP contribution in [0.4, 0.5) is 18.9 Å². The van der Waals surface area contributed by atoms with Gasteiger partial charge in [-0.1, -0.05) is 26.0 Å². The lowest BCUT2D eigenvalue weighted by Crippen LogP contribution is -2.27. The molecule has 7 nitrogen and oxygen atoms in total. The number of fused-ring (bicyclic) bond motifs is 1. The van der Waals surface area contributed by atoms with Gasteiger partial charge in [0.05, 0.1) is 17.0 Å². The van der Waals surface area contributed by atoms with Crippen LogP contribution in [0.5, 0.6) is 0 Å². The lowest BCUT2D eigenvalue weighted by Gasteiger charge is -2.29. The van der Waals surface area contributed by atoms with Gasteiger partial charge in [-0.25, -0.2) is 0 Å². The fraction of sp³-hybridized carbons (Fsp3) is 0.350. The minimum absolute atomic E-state index is 0.0768. The maximum Gasteiger partial charge on any atom is 0.418 e. The molecule has 0 saturated heterocycles. The summed E-state index contributed by atoms with van der Waals surface area (Å²) in [4.78, 5) is 12.8. The highest BCUT2D eigenvalue weighted by Gasteiger charge is 2.37. The molecule has 0 fully saturated rings. The molecule has 0 unspecified atom stereocenters. The van der Waals surface area contributed by atoms with Crippen LogP contribution in [0.1, 0.15) is 53.3 Å². The summed E-state index contributed by atoms with van der Waals surface area (Å²) in [6, 6.07) is 4.75. The zero-order valence-corrected chi connectivity index (χ0v) is 16.7. The molecule has 1 aromatic heterocycles. The van der Waals surface area contributed by atoms with Crippen molar-refractivity contribution >= 4 is 23.3 Å². The Labute approximate surface area is 171 Å². The number of rotatable bonds is 3. The molecule has 30 heavy (non-hydrogen) atoms. The summed E-state index contributed by atoms with van der Waals surface area (Å²) < 4.78 is 45.5. The quantitative estimate of drug-likeness (QED) is 0.397. The van der Waals surface area contributed by atoms with Gasteiger partial charge in [0, 0.05) is 17.5 Å². The number of nitrogens with one attached hydrogen (secondary N) is 1. The topological polar surface area (TPSA) is 119 Å². The predicted octanol–water partition coefficient (Wildman–Crippen LogP) is 3.81. The average Bonchev–Trinajstić information content (AvgIpc) is 2.94. The second-order valence-corrected chi connectivity index (χ2v) is 7.94. The van der Waals surface area contributed by atoms with Gasteiger partial charge in [0.25, 0.3) is 5.91 Å². The molecule has 0 bridgehead atoms. The van der Waals surface area contributed by atoms with Crippen molar-refractivity contribution < 1.29 is 22.4 Å². The summed E-state index contributed by atoms with van der Waals surface area (Å²) in [5.74, 6) is -0.553. The molecule has 0 aliphatic heterocycles. The van der Waals surface area contributed by atoms with Crippen LogP contribution in [-0.2, 0) is 12.6 Å². The zero-order valence-electron chi connectivity index (χ0n) is 16.7. The number of carbonyl (C=O) groups excluding carboxylic acids is 1. The summed E-state index contributed by atoms with van der Waals surface area (Å²) in [6.45, 7) is 5.65. The van der Waals surface area contributed by atoms with Crippen molar-refractivity contribution in [3.63, 3.8) is 0 Å². The van der Waals surface area contributed by atoms with Gasteiger partial charge >= 0.3 is 6.18 Å². The first-order valence-corrected chi connectivity index (χ1v) is 9.15. The van der Waals surface area contributed by atoms with Gasteiger partial charge in [0.2, 0.25) is 5.96 Å². The second-order valence-electron chi connectivity index (χ2n) is 7.94. The third-order valence-electron chi connectivity index (χ3n) is 4.77. The van der Waals surface area contributed by atoms with E-state index < -0.39 is 17.6 Å². The Morgan fingerprint density at radius 2 is 1.87 bits per heavy atom. The Bertz CT molecular complexity index is 1050. The van der Waals surface area contributed by atoms with Gasteiger partial charge in [0.15, 0.2) is 5.76 Å². The maximum atomic E-state index is 13.2. The van der Waals surface area contributed by atoms with E-state index in [1.165, 1.54) is 18.2 Å². The van der Waals surface area contributed by atoms with Crippen molar-refractivity contribution in [1.29, 1.82) is 0 Å². The Morgan fingerprint density at radius 1 is 1.20 bits per heavy atom. The molecule has 160 valence electrons. The third-order valence-corrected chi connectivity index (χ3v) is 4.77. The minimum atomic E-state index is -4.61. The van der Waals surface area contributed by atoms with Gasteiger partial charge in [-0.3, -0.25) is 4.79 Å².